The van der Waals surface area contributed by atoms with Crippen LogP contribution in [-0.2, 0) is 4.74 Å². The normalized spacial score (nSPS) is 12.2. The molecule has 1 aromatic carbocycles. The van der Waals surface area contributed by atoms with Crippen LogP contribution >= 0.6 is 23.2 Å². The van der Waals surface area contributed by atoms with E-state index in [0.717, 1.165) is 0 Å². The molecule has 7 nitrogen and oxygen atoms in total. The van der Waals surface area contributed by atoms with Crippen LogP contribution in [0.3, 0.4) is 0 Å². The molecular formula is C14H17Cl2N5O2. The Hall–Kier alpha value is -1.67. The molecule has 2 rings (SSSR count). The lowest BCUT2D eigenvalue weighted by Crippen LogP contribution is -2.14. The number of hydrogen-bond acceptors (Lipinski definition) is 7. The van der Waals surface area contributed by atoms with E-state index in [4.69, 9.17) is 38.8 Å². The molecule has 1 atom stereocenters. The van der Waals surface area contributed by atoms with Gasteiger partial charge in [0.15, 0.2) is 5.82 Å². The Balaban J connectivity index is 2.02. The second-order valence-corrected chi connectivity index (χ2v) is 5.62. The lowest BCUT2D eigenvalue weighted by atomic mass is 10.1. The first-order chi connectivity index (χ1) is 11.0. The maximum atomic E-state index is 9.11. The summed E-state index contributed by atoms with van der Waals surface area (Å²) in [5.74, 6) is 0.414. The molecule has 1 aromatic heterocycles. The Labute approximate surface area is 143 Å². The summed E-state index contributed by atoms with van der Waals surface area (Å²) >= 11 is 12.1. The average molecular weight is 358 g/mol. The van der Waals surface area contributed by atoms with Gasteiger partial charge in [-0.05, 0) is 19.4 Å². The van der Waals surface area contributed by atoms with Gasteiger partial charge in [-0.3, -0.25) is 0 Å². The zero-order valence-electron chi connectivity index (χ0n) is 12.5. The number of ether oxygens (including phenoxy) is 1. The largest absolute Gasteiger partial charge is 0.393 e. The number of aliphatic hydroxyl groups excluding tert-OH is 1. The highest BCUT2D eigenvalue weighted by atomic mass is 35.5. The fraction of sp³-hybridized carbons (Fsp3) is 0.357. The molecule has 0 spiro atoms. The third-order valence-corrected chi connectivity index (χ3v) is 3.75. The summed E-state index contributed by atoms with van der Waals surface area (Å²) in [6, 6.07) is 5.15. The third kappa shape index (κ3) is 4.90. The number of nitrogen functional groups attached to an aromatic ring is 1. The van der Waals surface area contributed by atoms with Gasteiger partial charge < -0.3 is 20.9 Å². The number of nitrogens with zero attached hydrogens (tertiary/aromatic N) is 3. The van der Waals surface area contributed by atoms with Crippen molar-refractivity contribution in [3.63, 3.8) is 0 Å². The second-order valence-electron chi connectivity index (χ2n) is 4.84. The van der Waals surface area contributed by atoms with Crippen molar-refractivity contribution in [3.05, 3.63) is 28.2 Å². The van der Waals surface area contributed by atoms with Gasteiger partial charge in [0.2, 0.25) is 5.95 Å². The fourth-order valence-corrected chi connectivity index (χ4v) is 2.12. The molecular weight excluding hydrogens is 341 g/mol. The van der Waals surface area contributed by atoms with E-state index in [9.17, 15) is 0 Å². The Morgan fingerprint density at radius 1 is 1.35 bits per heavy atom. The number of nitrogens with one attached hydrogen (secondary N) is 1. The topological polar surface area (TPSA) is 106 Å². The molecule has 124 valence electrons. The molecule has 0 aliphatic heterocycles. The maximum absolute atomic E-state index is 9.11. The van der Waals surface area contributed by atoms with Gasteiger partial charge in [-0.2, -0.15) is 4.98 Å². The lowest BCUT2D eigenvalue weighted by molar-refractivity contribution is 0.0991. The Bertz CT molecular complexity index is 670. The smallest absolute Gasteiger partial charge is 0.246 e. The quantitative estimate of drug-likeness (QED) is 0.516. The Morgan fingerprint density at radius 2 is 2.13 bits per heavy atom. The van der Waals surface area contributed by atoms with E-state index in [1.807, 2.05) is 0 Å². The SMILES string of the molecule is CC(O)CCOCNc1nnc(-c2cccc(Cl)c2Cl)c(N)n1. The van der Waals surface area contributed by atoms with Crippen molar-refractivity contribution in [2.24, 2.45) is 0 Å². The van der Waals surface area contributed by atoms with Crippen LogP contribution in [0.4, 0.5) is 11.8 Å². The molecule has 1 unspecified atom stereocenters. The molecule has 0 saturated heterocycles. The molecule has 0 saturated carbocycles. The van der Waals surface area contributed by atoms with E-state index >= 15 is 0 Å². The van der Waals surface area contributed by atoms with Crippen LogP contribution < -0.4 is 11.1 Å². The van der Waals surface area contributed by atoms with Gasteiger partial charge in [0.05, 0.1) is 22.8 Å². The Morgan fingerprint density at radius 3 is 2.83 bits per heavy atom. The molecule has 1 heterocycles. The standard InChI is InChI=1S/C14H17Cl2N5O2/c1-8(22)5-6-23-7-18-14-19-13(17)12(20-21-14)9-3-2-4-10(15)11(9)16/h2-4,8,22H,5-7H2,1H3,(H3,17,18,19,21). The summed E-state index contributed by atoms with van der Waals surface area (Å²) < 4.78 is 5.28. The maximum Gasteiger partial charge on any atom is 0.246 e. The molecule has 0 radical (unpaired) electrons. The number of aromatic nitrogens is 3. The first-order valence-corrected chi connectivity index (χ1v) is 7.69. The number of rotatable bonds is 7. The van der Waals surface area contributed by atoms with Crippen molar-refractivity contribution >= 4 is 35.0 Å². The zero-order chi connectivity index (χ0) is 16.8. The average Bonchev–Trinajstić information content (AvgIpc) is 2.50. The molecule has 0 aliphatic carbocycles. The van der Waals surface area contributed by atoms with Crippen LogP contribution in [-0.4, -0.2) is 39.7 Å². The van der Waals surface area contributed by atoms with Crippen LogP contribution in [0.25, 0.3) is 11.3 Å². The molecule has 0 fully saturated rings. The highest BCUT2D eigenvalue weighted by Gasteiger charge is 2.13. The number of anilines is 2. The van der Waals surface area contributed by atoms with Crippen molar-refractivity contribution < 1.29 is 9.84 Å². The van der Waals surface area contributed by atoms with Crippen LogP contribution in [0.2, 0.25) is 10.0 Å². The number of benzene rings is 1. The van der Waals surface area contributed by atoms with Crippen molar-refractivity contribution in [2.75, 3.05) is 24.4 Å². The second kappa shape index (κ2) is 8.26. The summed E-state index contributed by atoms with van der Waals surface area (Å²) in [7, 11) is 0. The van der Waals surface area contributed by atoms with E-state index in [2.05, 4.69) is 20.5 Å². The van der Waals surface area contributed by atoms with E-state index in [1.54, 1.807) is 25.1 Å². The molecule has 4 N–H and O–H groups in total. The van der Waals surface area contributed by atoms with E-state index < -0.39 is 6.10 Å². The molecule has 0 aliphatic rings. The van der Waals surface area contributed by atoms with Crippen LogP contribution in [0, 0.1) is 0 Å². The van der Waals surface area contributed by atoms with Gasteiger partial charge in [-0.15, -0.1) is 10.2 Å². The predicted octanol–water partition coefficient (Wildman–Crippen LogP) is 2.58. The van der Waals surface area contributed by atoms with Crippen LogP contribution in [0.1, 0.15) is 13.3 Å². The monoisotopic (exact) mass is 357 g/mol. The number of hydrogen-bond donors (Lipinski definition) is 3. The predicted molar refractivity (Wildman–Crippen MR) is 90.4 cm³/mol. The van der Waals surface area contributed by atoms with Crippen molar-refractivity contribution in [3.8, 4) is 11.3 Å². The first-order valence-electron chi connectivity index (χ1n) is 6.93. The van der Waals surface area contributed by atoms with Gasteiger partial charge in [0.25, 0.3) is 0 Å². The van der Waals surface area contributed by atoms with Crippen molar-refractivity contribution in [2.45, 2.75) is 19.4 Å². The summed E-state index contributed by atoms with van der Waals surface area (Å²) in [6.07, 6.45) is 0.153. The number of aliphatic hydroxyl groups is 1. The molecule has 0 amide bonds. The summed E-state index contributed by atoms with van der Waals surface area (Å²) in [6.45, 7) is 2.30. The Kier molecular flexibility index (Phi) is 6.35. The molecule has 9 heteroatoms. The fourth-order valence-electron chi connectivity index (χ4n) is 1.73. The number of nitrogens with two attached hydrogens (primary N) is 1. The lowest BCUT2D eigenvalue weighted by Gasteiger charge is -2.10. The molecule has 2 aromatic rings. The molecule has 0 bridgehead atoms. The minimum absolute atomic E-state index is 0.177. The molecule has 23 heavy (non-hydrogen) atoms. The first kappa shape index (κ1) is 17.7. The van der Waals surface area contributed by atoms with Gasteiger partial charge in [-0.25, -0.2) is 0 Å². The van der Waals surface area contributed by atoms with Gasteiger partial charge >= 0.3 is 0 Å². The third-order valence-electron chi connectivity index (χ3n) is 2.93. The summed E-state index contributed by atoms with van der Waals surface area (Å²) in [4.78, 5) is 4.11. The van der Waals surface area contributed by atoms with E-state index in [0.29, 0.717) is 34.3 Å². The highest BCUT2D eigenvalue weighted by Crippen LogP contribution is 2.34. The van der Waals surface area contributed by atoms with Crippen molar-refractivity contribution in [1.29, 1.82) is 0 Å². The van der Waals surface area contributed by atoms with Gasteiger partial charge in [0.1, 0.15) is 12.4 Å². The van der Waals surface area contributed by atoms with Gasteiger partial charge in [0, 0.05) is 5.56 Å². The minimum Gasteiger partial charge on any atom is -0.393 e. The summed E-state index contributed by atoms with van der Waals surface area (Å²) in [5, 5.41) is 20.7. The van der Waals surface area contributed by atoms with Crippen LogP contribution in [0.5, 0.6) is 0 Å². The summed E-state index contributed by atoms with van der Waals surface area (Å²) in [5.41, 5.74) is 6.84. The highest BCUT2D eigenvalue weighted by molar-refractivity contribution is 6.43. The minimum atomic E-state index is -0.398. The van der Waals surface area contributed by atoms with E-state index in [-0.39, 0.29) is 18.5 Å². The number of halogens is 2. The zero-order valence-corrected chi connectivity index (χ0v) is 14.0. The van der Waals surface area contributed by atoms with Crippen LogP contribution in [0.15, 0.2) is 18.2 Å². The van der Waals surface area contributed by atoms with Crippen molar-refractivity contribution in [1.82, 2.24) is 15.2 Å². The van der Waals surface area contributed by atoms with E-state index in [1.165, 1.54) is 0 Å². The van der Waals surface area contributed by atoms with Gasteiger partial charge in [-0.1, -0.05) is 35.3 Å².